The summed E-state index contributed by atoms with van der Waals surface area (Å²) in [6.07, 6.45) is 1.50. The van der Waals surface area contributed by atoms with Crippen LogP contribution in [0, 0.1) is 0 Å². The van der Waals surface area contributed by atoms with Crippen molar-refractivity contribution in [3.63, 3.8) is 0 Å². The molecule has 2 unspecified atom stereocenters. The number of nitrogens with one attached hydrogen (secondary N) is 1. The van der Waals surface area contributed by atoms with Crippen molar-refractivity contribution < 1.29 is 14.6 Å². The van der Waals surface area contributed by atoms with Crippen LogP contribution in [-0.4, -0.2) is 48.4 Å². The quantitative estimate of drug-likeness (QED) is 0.812. The maximum absolute atomic E-state index is 12.1. The number of hydrogen-bond acceptors (Lipinski definition) is 3. The molecule has 1 aromatic rings. The Labute approximate surface area is 125 Å². The molecule has 1 aliphatic rings. The Morgan fingerprint density at radius 2 is 2.29 bits per heavy atom. The highest BCUT2D eigenvalue weighted by atomic mass is 16.5. The van der Waals surface area contributed by atoms with Crippen molar-refractivity contribution >= 4 is 6.03 Å². The number of rotatable bonds is 5. The van der Waals surface area contributed by atoms with Gasteiger partial charge in [0, 0.05) is 19.5 Å². The summed E-state index contributed by atoms with van der Waals surface area (Å²) in [6.45, 7) is 5.54. The van der Waals surface area contributed by atoms with Crippen molar-refractivity contribution in [2.75, 3.05) is 26.3 Å². The van der Waals surface area contributed by atoms with Crippen LogP contribution in [0.3, 0.4) is 0 Å². The second-order valence-corrected chi connectivity index (χ2v) is 5.06. The van der Waals surface area contributed by atoms with Crippen molar-refractivity contribution in [1.82, 2.24) is 10.2 Å². The Morgan fingerprint density at radius 3 is 3.00 bits per heavy atom. The largest absolute Gasteiger partial charge is 0.388 e. The Morgan fingerprint density at radius 1 is 1.52 bits per heavy atom. The van der Waals surface area contributed by atoms with Gasteiger partial charge in [-0.25, -0.2) is 4.79 Å². The van der Waals surface area contributed by atoms with Crippen LogP contribution in [-0.2, 0) is 4.74 Å². The van der Waals surface area contributed by atoms with Crippen LogP contribution in [0.2, 0.25) is 0 Å². The van der Waals surface area contributed by atoms with Crippen molar-refractivity contribution in [1.29, 1.82) is 0 Å². The predicted molar refractivity (Wildman–Crippen MR) is 80.9 cm³/mol. The molecule has 0 spiro atoms. The van der Waals surface area contributed by atoms with Gasteiger partial charge in [0.2, 0.25) is 0 Å². The zero-order valence-corrected chi connectivity index (χ0v) is 12.1. The van der Waals surface area contributed by atoms with E-state index in [1.807, 2.05) is 30.3 Å². The molecule has 0 saturated carbocycles. The third-order valence-electron chi connectivity index (χ3n) is 3.57. The van der Waals surface area contributed by atoms with Gasteiger partial charge in [0.05, 0.1) is 25.4 Å². The van der Waals surface area contributed by atoms with Crippen LogP contribution in [0.15, 0.2) is 43.0 Å². The maximum atomic E-state index is 12.1. The molecule has 0 radical (unpaired) electrons. The lowest BCUT2D eigenvalue weighted by atomic mass is 10.0. The second-order valence-electron chi connectivity index (χ2n) is 5.06. The minimum Gasteiger partial charge on any atom is -0.388 e. The summed E-state index contributed by atoms with van der Waals surface area (Å²) in [4.78, 5) is 13.9. The summed E-state index contributed by atoms with van der Waals surface area (Å²) in [5, 5.41) is 13.1. The molecule has 114 valence electrons. The van der Waals surface area contributed by atoms with Crippen LogP contribution >= 0.6 is 0 Å². The van der Waals surface area contributed by atoms with Crippen LogP contribution in [0.1, 0.15) is 18.1 Å². The zero-order valence-electron chi connectivity index (χ0n) is 12.1. The number of carbonyl (C=O) groups is 1. The van der Waals surface area contributed by atoms with E-state index in [0.717, 1.165) is 5.56 Å². The van der Waals surface area contributed by atoms with Gasteiger partial charge in [-0.2, -0.15) is 0 Å². The number of nitrogens with zero attached hydrogens (tertiary/aromatic N) is 1. The summed E-state index contributed by atoms with van der Waals surface area (Å²) in [6, 6.07) is 9.21. The first-order valence-corrected chi connectivity index (χ1v) is 7.18. The number of aliphatic hydroxyl groups is 1. The highest BCUT2D eigenvalue weighted by Crippen LogP contribution is 2.22. The number of ether oxygens (including phenoxy) is 1. The van der Waals surface area contributed by atoms with E-state index < -0.39 is 6.10 Å². The van der Waals surface area contributed by atoms with Gasteiger partial charge in [0.25, 0.3) is 0 Å². The maximum Gasteiger partial charge on any atom is 0.318 e. The molecule has 2 atom stereocenters. The van der Waals surface area contributed by atoms with E-state index in [1.165, 1.54) is 0 Å². The monoisotopic (exact) mass is 290 g/mol. The third kappa shape index (κ3) is 4.31. The van der Waals surface area contributed by atoms with Gasteiger partial charge < -0.3 is 20.1 Å². The fourth-order valence-electron chi connectivity index (χ4n) is 2.45. The highest BCUT2D eigenvalue weighted by molar-refractivity contribution is 5.74. The molecule has 0 bridgehead atoms. The topological polar surface area (TPSA) is 61.8 Å². The summed E-state index contributed by atoms with van der Waals surface area (Å²) in [7, 11) is 0. The van der Waals surface area contributed by atoms with Crippen LogP contribution < -0.4 is 5.32 Å². The van der Waals surface area contributed by atoms with E-state index in [2.05, 4.69) is 11.9 Å². The zero-order chi connectivity index (χ0) is 15.1. The molecule has 1 aromatic carbocycles. The van der Waals surface area contributed by atoms with Crippen LogP contribution in [0.4, 0.5) is 4.79 Å². The van der Waals surface area contributed by atoms with E-state index in [9.17, 15) is 9.90 Å². The van der Waals surface area contributed by atoms with Crippen LogP contribution in [0.5, 0.6) is 0 Å². The van der Waals surface area contributed by atoms with Gasteiger partial charge in [0.1, 0.15) is 0 Å². The van der Waals surface area contributed by atoms with Gasteiger partial charge >= 0.3 is 6.03 Å². The average molecular weight is 290 g/mol. The highest BCUT2D eigenvalue weighted by Gasteiger charge is 2.29. The third-order valence-corrected chi connectivity index (χ3v) is 3.57. The minimum absolute atomic E-state index is 0.126. The molecule has 0 aliphatic carbocycles. The number of benzene rings is 1. The Bertz CT molecular complexity index is 464. The summed E-state index contributed by atoms with van der Waals surface area (Å²) in [5.41, 5.74) is 0.856. The number of hydrogen-bond donors (Lipinski definition) is 2. The molecule has 21 heavy (non-hydrogen) atoms. The van der Waals surface area contributed by atoms with Gasteiger partial charge in [0.15, 0.2) is 0 Å². The molecule has 2 N–H and O–H groups in total. The molecule has 2 amide bonds. The summed E-state index contributed by atoms with van der Waals surface area (Å²) < 4.78 is 5.45. The number of urea groups is 1. The van der Waals surface area contributed by atoms with E-state index >= 15 is 0 Å². The lowest BCUT2D eigenvalue weighted by Gasteiger charge is -2.36. The van der Waals surface area contributed by atoms with Crippen molar-refractivity contribution in [2.24, 2.45) is 0 Å². The molecular formula is C16H22N2O3. The molecule has 1 heterocycles. The Balaban J connectivity index is 1.98. The molecular weight excluding hydrogens is 268 g/mol. The predicted octanol–water partition coefficient (Wildman–Crippen LogP) is 1.71. The van der Waals surface area contributed by atoms with Gasteiger partial charge in [-0.3, -0.25) is 0 Å². The van der Waals surface area contributed by atoms with E-state index in [4.69, 9.17) is 4.74 Å². The fraction of sp³-hybridized carbons (Fsp3) is 0.438. The van der Waals surface area contributed by atoms with E-state index in [1.54, 1.807) is 11.0 Å². The molecule has 1 fully saturated rings. The lowest BCUT2D eigenvalue weighted by Crippen LogP contribution is -2.52. The number of amides is 2. The number of aliphatic hydroxyl groups excluding tert-OH is 1. The number of carbonyl (C=O) groups excluding carboxylic acids is 1. The van der Waals surface area contributed by atoms with Gasteiger partial charge in [-0.15, -0.1) is 6.58 Å². The summed E-state index contributed by atoms with van der Waals surface area (Å²) in [5.74, 6) is 0. The Kier molecular flexibility index (Phi) is 5.78. The molecule has 1 saturated heterocycles. The van der Waals surface area contributed by atoms with E-state index in [-0.39, 0.29) is 12.1 Å². The lowest BCUT2D eigenvalue weighted by molar-refractivity contribution is -0.00674. The van der Waals surface area contributed by atoms with Crippen molar-refractivity contribution in [3.05, 3.63) is 48.6 Å². The number of morpholine rings is 1. The Hall–Kier alpha value is -1.85. The SMILES string of the molecule is C=CCNC(=O)N1CCOCC1CC(O)c1ccccc1. The van der Waals surface area contributed by atoms with Crippen molar-refractivity contribution in [2.45, 2.75) is 18.6 Å². The van der Waals surface area contributed by atoms with Crippen molar-refractivity contribution in [3.8, 4) is 0 Å². The standard InChI is InChI=1S/C16H22N2O3/c1-2-8-17-16(20)18-9-10-21-12-14(18)11-15(19)13-6-4-3-5-7-13/h2-7,14-15,19H,1,8-12H2,(H,17,20). The smallest absolute Gasteiger partial charge is 0.318 e. The molecule has 5 nitrogen and oxygen atoms in total. The van der Waals surface area contributed by atoms with Gasteiger partial charge in [-0.1, -0.05) is 36.4 Å². The molecule has 1 aliphatic heterocycles. The first-order valence-electron chi connectivity index (χ1n) is 7.18. The average Bonchev–Trinajstić information content (AvgIpc) is 2.54. The molecule has 5 heteroatoms. The fourth-order valence-corrected chi connectivity index (χ4v) is 2.45. The normalized spacial score (nSPS) is 19.9. The first-order chi connectivity index (χ1) is 10.2. The second kappa shape index (κ2) is 7.81. The van der Waals surface area contributed by atoms with Crippen LogP contribution in [0.25, 0.3) is 0 Å². The molecule has 0 aromatic heterocycles. The first kappa shape index (κ1) is 15.5. The van der Waals surface area contributed by atoms with E-state index in [0.29, 0.717) is 32.7 Å². The van der Waals surface area contributed by atoms with Gasteiger partial charge in [-0.05, 0) is 5.56 Å². The summed E-state index contributed by atoms with van der Waals surface area (Å²) >= 11 is 0. The minimum atomic E-state index is -0.604. The molecule has 2 rings (SSSR count).